The number of rotatable bonds is 6. The van der Waals surface area contributed by atoms with Gasteiger partial charge < -0.3 is 14.5 Å². The third-order valence-electron chi connectivity index (χ3n) is 3.81. The van der Waals surface area contributed by atoms with Crippen LogP contribution in [-0.4, -0.2) is 45.1 Å². The van der Waals surface area contributed by atoms with Crippen LogP contribution in [0.25, 0.3) is 0 Å². The van der Waals surface area contributed by atoms with Crippen LogP contribution in [0.15, 0.2) is 21.6 Å². The first-order valence-electron chi connectivity index (χ1n) is 6.94. The van der Waals surface area contributed by atoms with E-state index in [4.69, 9.17) is 9.15 Å². The molecule has 2 aliphatic rings. The molecule has 1 saturated heterocycles. The zero-order valence-electron chi connectivity index (χ0n) is 11.5. The Kier molecular flexibility index (Phi) is 3.85. The van der Waals surface area contributed by atoms with Gasteiger partial charge in [0, 0.05) is 26.2 Å². The van der Waals surface area contributed by atoms with Gasteiger partial charge in [-0.05, 0) is 31.4 Å². The highest BCUT2D eigenvalue weighted by atomic mass is 32.2. The lowest BCUT2D eigenvalue weighted by Gasteiger charge is -2.14. The molecule has 7 heteroatoms. The van der Waals surface area contributed by atoms with Crippen LogP contribution >= 0.6 is 0 Å². The van der Waals surface area contributed by atoms with Crippen molar-refractivity contribution in [3.8, 4) is 0 Å². The second-order valence-electron chi connectivity index (χ2n) is 5.39. The molecule has 1 saturated carbocycles. The van der Waals surface area contributed by atoms with E-state index in [-0.39, 0.29) is 11.2 Å². The maximum atomic E-state index is 12.4. The van der Waals surface area contributed by atoms with E-state index >= 15 is 0 Å². The predicted octanol–water partition coefficient (Wildman–Crippen LogP) is 0.941. The van der Waals surface area contributed by atoms with Gasteiger partial charge >= 0.3 is 0 Å². The van der Waals surface area contributed by atoms with Gasteiger partial charge in [-0.25, -0.2) is 8.42 Å². The zero-order chi connectivity index (χ0) is 14.2. The summed E-state index contributed by atoms with van der Waals surface area (Å²) in [6.07, 6.45) is 3.10. The lowest BCUT2D eigenvalue weighted by molar-refractivity contribution is 0.115. The van der Waals surface area contributed by atoms with Gasteiger partial charge in [-0.1, -0.05) is 0 Å². The van der Waals surface area contributed by atoms with Crippen molar-refractivity contribution in [3.05, 3.63) is 17.9 Å². The molecule has 2 fully saturated rings. The highest BCUT2D eigenvalue weighted by Gasteiger charge is 2.34. The van der Waals surface area contributed by atoms with Gasteiger partial charge in [0.1, 0.15) is 5.76 Å². The topological polar surface area (TPSA) is 71.8 Å². The van der Waals surface area contributed by atoms with Crippen LogP contribution in [0.3, 0.4) is 0 Å². The Morgan fingerprint density at radius 1 is 1.40 bits per heavy atom. The Bertz CT molecular complexity index is 565. The maximum absolute atomic E-state index is 12.4. The van der Waals surface area contributed by atoms with Crippen molar-refractivity contribution in [3.63, 3.8) is 0 Å². The van der Waals surface area contributed by atoms with Crippen molar-refractivity contribution < 1.29 is 17.6 Å². The molecular formula is C13H20N2O4S. The van der Waals surface area contributed by atoms with E-state index in [2.05, 4.69) is 5.32 Å². The minimum atomic E-state index is -3.52. The predicted molar refractivity (Wildman–Crippen MR) is 72.7 cm³/mol. The minimum Gasteiger partial charge on any atom is -0.447 e. The van der Waals surface area contributed by atoms with E-state index in [1.54, 1.807) is 19.2 Å². The first kappa shape index (κ1) is 14.1. The Labute approximate surface area is 119 Å². The van der Waals surface area contributed by atoms with Crippen molar-refractivity contribution in [2.45, 2.75) is 43.0 Å². The van der Waals surface area contributed by atoms with Crippen LogP contribution in [0.4, 0.5) is 0 Å². The van der Waals surface area contributed by atoms with Gasteiger partial charge in [0.2, 0.25) is 5.09 Å². The van der Waals surface area contributed by atoms with E-state index in [1.807, 2.05) is 0 Å². The number of hydrogen-bond donors (Lipinski definition) is 1. The van der Waals surface area contributed by atoms with Gasteiger partial charge in [0.05, 0.1) is 12.6 Å². The molecule has 0 spiro atoms. The molecule has 0 amide bonds. The van der Waals surface area contributed by atoms with Gasteiger partial charge in [-0.2, -0.15) is 4.31 Å². The molecular weight excluding hydrogens is 280 g/mol. The van der Waals surface area contributed by atoms with E-state index < -0.39 is 10.0 Å². The van der Waals surface area contributed by atoms with Crippen molar-refractivity contribution in [1.29, 1.82) is 0 Å². The third-order valence-corrected chi connectivity index (χ3v) is 5.55. The standard InChI is InChI=1S/C13H20N2O4S/c1-18-12-6-7-15(9-12)20(16,17)13-5-4-11(19-13)8-14-10-2-3-10/h4-5,10,12,14H,2-3,6-9H2,1H3. The summed E-state index contributed by atoms with van der Waals surface area (Å²) < 4.78 is 36.9. The van der Waals surface area contributed by atoms with Crippen molar-refractivity contribution in [2.24, 2.45) is 0 Å². The summed E-state index contributed by atoms with van der Waals surface area (Å²) in [7, 11) is -1.92. The molecule has 2 heterocycles. The smallest absolute Gasteiger partial charge is 0.276 e. The molecule has 0 bridgehead atoms. The molecule has 3 rings (SSSR count). The summed E-state index contributed by atoms with van der Waals surface area (Å²) in [4.78, 5) is 0. The number of ether oxygens (including phenoxy) is 1. The SMILES string of the molecule is COC1CCN(S(=O)(=O)c2ccc(CNC3CC3)o2)C1. The molecule has 1 aliphatic heterocycles. The van der Waals surface area contributed by atoms with Crippen molar-refractivity contribution in [1.82, 2.24) is 9.62 Å². The number of sulfonamides is 1. The molecule has 1 unspecified atom stereocenters. The summed E-state index contributed by atoms with van der Waals surface area (Å²) >= 11 is 0. The highest BCUT2D eigenvalue weighted by molar-refractivity contribution is 7.89. The number of methoxy groups -OCH3 is 1. The molecule has 0 aromatic carbocycles. The second-order valence-corrected chi connectivity index (χ2v) is 7.25. The Morgan fingerprint density at radius 3 is 2.85 bits per heavy atom. The Balaban J connectivity index is 1.67. The number of hydrogen-bond acceptors (Lipinski definition) is 5. The molecule has 1 aliphatic carbocycles. The summed E-state index contributed by atoms with van der Waals surface area (Å²) in [5.41, 5.74) is 0. The van der Waals surface area contributed by atoms with Crippen LogP contribution < -0.4 is 5.32 Å². The highest BCUT2D eigenvalue weighted by Crippen LogP contribution is 2.24. The van der Waals surface area contributed by atoms with Gasteiger partial charge in [0.25, 0.3) is 10.0 Å². The van der Waals surface area contributed by atoms with Crippen LogP contribution in [0.2, 0.25) is 0 Å². The molecule has 1 aromatic rings. The molecule has 0 radical (unpaired) electrons. The number of nitrogens with one attached hydrogen (secondary N) is 1. The summed E-state index contributed by atoms with van der Waals surface area (Å²) in [6, 6.07) is 3.84. The minimum absolute atomic E-state index is 0.0178. The average molecular weight is 300 g/mol. The van der Waals surface area contributed by atoms with Gasteiger partial charge in [0.15, 0.2) is 0 Å². The molecule has 1 N–H and O–H groups in total. The number of nitrogens with zero attached hydrogens (tertiary/aromatic N) is 1. The van der Waals surface area contributed by atoms with Crippen molar-refractivity contribution >= 4 is 10.0 Å². The first-order chi connectivity index (χ1) is 9.59. The summed E-state index contributed by atoms with van der Waals surface area (Å²) in [5, 5.41) is 3.33. The third kappa shape index (κ3) is 2.90. The molecule has 112 valence electrons. The zero-order valence-corrected chi connectivity index (χ0v) is 12.4. The maximum Gasteiger partial charge on any atom is 0.276 e. The average Bonchev–Trinajstić information content (AvgIpc) is 2.96. The van der Waals surface area contributed by atoms with Crippen LogP contribution in [-0.2, 0) is 21.3 Å². The first-order valence-corrected chi connectivity index (χ1v) is 8.38. The van der Waals surface area contributed by atoms with Gasteiger partial charge in [-0.15, -0.1) is 0 Å². The van der Waals surface area contributed by atoms with Crippen molar-refractivity contribution in [2.75, 3.05) is 20.2 Å². The fourth-order valence-electron chi connectivity index (χ4n) is 2.36. The second kappa shape index (κ2) is 5.48. The fraction of sp³-hybridized carbons (Fsp3) is 0.692. The monoisotopic (exact) mass is 300 g/mol. The Morgan fingerprint density at radius 2 is 2.20 bits per heavy atom. The van der Waals surface area contributed by atoms with E-state index in [9.17, 15) is 8.42 Å². The van der Waals surface area contributed by atoms with Crippen LogP contribution in [0, 0.1) is 0 Å². The largest absolute Gasteiger partial charge is 0.447 e. The molecule has 1 aromatic heterocycles. The molecule has 1 atom stereocenters. The van der Waals surface area contributed by atoms with E-state index in [1.165, 1.54) is 17.1 Å². The summed E-state index contributed by atoms with van der Waals surface area (Å²) in [5.74, 6) is 0.665. The molecule has 6 nitrogen and oxygen atoms in total. The summed E-state index contributed by atoms with van der Waals surface area (Å²) in [6.45, 7) is 1.47. The molecule has 20 heavy (non-hydrogen) atoms. The fourth-order valence-corrected chi connectivity index (χ4v) is 3.78. The van der Waals surface area contributed by atoms with E-state index in [0.717, 1.165) is 6.42 Å². The quantitative estimate of drug-likeness (QED) is 0.846. The Hall–Kier alpha value is -0.890. The van der Waals surface area contributed by atoms with Crippen LogP contribution in [0.1, 0.15) is 25.0 Å². The lowest BCUT2D eigenvalue weighted by atomic mass is 10.3. The van der Waals surface area contributed by atoms with E-state index in [0.29, 0.717) is 31.4 Å². The lowest BCUT2D eigenvalue weighted by Crippen LogP contribution is -2.29. The van der Waals surface area contributed by atoms with Gasteiger partial charge in [-0.3, -0.25) is 0 Å². The number of furan rings is 1. The normalized spacial score (nSPS) is 24.4. The van der Waals surface area contributed by atoms with Crippen LogP contribution in [0.5, 0.6) is 0 Å².